The molecule has 2 aromatic heterocycles. The first-order valence-electron chi connectivity index (χ1n) is 5.01. The molecule has 0 aliphatic heterocycles. The number of nitrogens with two attached hydrogens (primary N) is 1. The van der Waals surface area contributed by atoms with Gasteiger partial charge in [-0.1, -0.05) is 11.8 Å². The van der Waals surface area contributed by atoms with Gasteiger partial charge in [0.2, 0.25) is 5.16 Å². The third kappa shape index (κ3) is 3.04. The van der Waals surface area contributed by atoms with Gasteiger partial charge in [-0.2, -0.15) is 13.2 Å². The summed E-state index contributed by atoms with van der Waals surface area (Å²) in [5.74, 6) is 3.19. The van der Waals surface area contributed by atoms with Gasteiger partial charge in [0, 0.05) is 10.6 Å². The van der Waals surface area contributed by atoms with E-state index in [2.05, 4.69) is 10.2 Å². The van der Waals surface area contributed by atoms with Crippen molar-refractivity contribution in [2.24, 2.45) is 0 Å². The van der Waals surface area contributed by atoms with Gasteiger partial charge in [0.1, 0.15) is 4.88 Å². The summed E-state index contributed by atoms with van der Waals surface area (Å²) in [6.07, 6.45) is -4.67. The van der Waals surface area contributed by atoms with Crippen molar-refractivity contribution < 1.29 is 23.1 Å². The van der Waals surface area contributed by atoms with E-state index < -0.39 is 18.0 Å². The number of carboxylic acids is 1. The van der Waals surface area contributed by atoms with E-state index in [0.717, 1.165) is 23.1 Å². The monoisotopic (exact) mass is 324 g/mol. The summed E-state index contributed by atoms with van der Waals surface area (Å²) >= 11 is 1.98. The minimum Gasteiger partial charge on any atom is -0.477 e. The Morgan fingerprint density at radius 3 is 2.65 bits per heavy atom. The topological polar surface area (TPSA) is 94.0 Å². The molecule has 3 N–H and O–H groups in total. The number of nitrogen functional groups attached to an aromatic ring is 1. The van der Waals surface area contributed by atoms with Crippen molar-refractivity contribution in [1.82, 2.24) is 14.9 Å². The zero-order valence-corrected chi connectivity index (χ0v) is 11.2. The van der Waals surface area contributed by atoms with Gasteiger partial charge in [0.05, 0.1) is 0 Å². The van der Waals surface area contributed by atoms with Crippen LogP contribution >= 0.6 is 23.1 Å². The van der Waals surface area contributed by atoms with Crippen LogP contribution in [0.1, 0.15) is 20.4 Å². The predicted octanol–water partition coefficient (Wildman–Crippen LogP) is 2.06. The van der Waals surface area contributed by atoms with Crippen LogP contribution in [0.15, 0.2) is 17.3 Å². The molecule has 0 radical (unpaired) electrons. The van der Waals surface area contributed by atoms with Crippen LogP contribution in [0, 0.1) is 0 Å². The number of hydrogen-bond donors (Lipinski definition) is 2. The number of hydrogen-bond acceptors (Lipinski definition) is 6. The second-order valence-electron chi connectivity index (χ2n) is 3.53. The Morgan fingerprint density at radius 2 is 2.15 bits per heavy atom. The van der Waals surface area contributed by atoms with Crippen LogP contribution in [0.5, 0.6) is 0 Å². The van der Waals surface area contributed by atoms with Crippen LogP contribution < -0.4 is 5.84 Å². The number of aromatic nitrogens is 3. The lowest BCUT2D eigenvalue weighted by molar-refractivity contribution is -0.146. The first kappa shape index (κ1) is 14.7. The Balaban J connectivity index is 2.07. The molecule has 0 bridgehead atoms. The number of carboxylic acid groups (broad SMARTS) is 1. The number of carbonyl (C=O) groups is 1. The molecule has 0 aromatic carbocycles. The number of aromatic carboxylic acids is 1. The van der Waals surface area contributed by atoms with Gasteiger partial charge in [0.15, 0.2) is 0 Å². The molecule has 0 aliphatic carbocycles. The summed E-state index contributed by atoms with van der Waals surface area (Å²) in [5.41, 5.74) is 0. The van der Waals surface area contributed by atoms with E-state index >= 15 is 0 Å². The smallest absolute Gasteiger partial charge is 0.453 e. The molecule has 108 valence electrons. The van der Waals surface area contributed by atoms with Crippen LogP contribution in [0.25, 0.3) is 0 Å². The average Bonchev–Trinajstić information content (AvgIpc) is 2.92. The molecule has 2 aromatic rings. The summed E-state index contributed by atoms with van der Waals surface area (Å²) in [6, 6.07) is 3.01. The molecular weight excluding hydrogens is 317 g/mol. The molecule has 20 heavy (non-hydrogen) atoms. The lowest BCUT2D eigenvalue weighted by Gasteiger charge is -2.05. The number of thiophene rings is 1. The normalized spacial score (nSPS) is 11.8. The molecule has 0 aliphatic rings. The van der Waals surface area contributed by atoms with Gasteiger partial charge < -0.3 is 10.9 Å². The first-order chi connectivity index (χ1) is 9.29. The maximum atomic E-state index is 12.4. The molecule has 0 unspecified atom stereocenters. The number of halogens is 3. The minimum absolute atomic E-state index is 0.0948. The molecule has 0 spiro atoms. The predicted molar refractivity (Wildman–Crippen MR) is 66.0 cm³/mol. The summed E-state index contributed by atoms with van der Waals surface area (Å²) in [7, 11) is 0. The lowest BCUT2D eigenvalue weighted by atomic mass is 10.4. The Labute approximate surface area is 118 Å². The second-order valence-corrected chi connectivity index (χ2v) is 5.64. The van der Waals surface area contributed by atoms with Crippen molar-refractivity contribution in [3.8, 4) is 0 Å². The molecule has 0 fully saturated rings. The van der Waals surface area contributed by atoms with Gasteiger partial charge in [-0.3, -0.25) is 0 Å². The van der Waals surface area contributed by atoms with Crippen molar-refractivity contribution >= 4 is 29.1 Å². The van der Waals surface area contributed by atoms with Gasteiger partial charge in [-0.15, -0.1) is 21.5 Å². The van der Waals surface area contributed by atoms with Gasteiger partial charge in [-0.05, 0) is 12.1 Å². The molecule has 0 amide bonds. The highest BCUT2D eigenvalue weighted by molar-refractivity contribution is 7.98. The van der Waals surface area contributed by atoms with Crippen LogP contribution in [0.4, 0.5) is 13.2 Å². The number of nitrogens with zero attached hydrogens (tertiary/aromatic N) is 3. The van der Waals surface area contributed by atoms with E-state index in [0.29, 0.717) is 9.55 Å². The maximum Gasteiger partial charge on any atom is 0.453 e. The molecule has 2 heterocycles. The first-order valence-corrected chi connectivity index (χ1v) is 6.81. The Bertz CT molecular complexity index is 637. The minimum atomic E-state index is -4.67. The van der Waals surface area contributed by atoms with Gasteiger partial charge in [-0.25, -0.2) is 9.47 Å². The third-order valence-corrected chi connectivity index (χ3v) is 4.38. The highest BCUT2D eigenvalue weighted by Gasteiger charge is 2.38. The fourth-order valence-corrected chi connectivity index (χ4v) is 3.02. The molecular formula is C9H7F3N4O2S2. The number of thioether (sulfide) groups is 1. The molecule has 0 atom stereocenters. The zero-order chi connectivity index (χ0) is 14.9. The van der Waals surface area contributed by atoms with Crippen LogP contribution in [-0.2, 0) is 11.9 Å². The molecule has 2 rings (SSSR count). The van der Waals surface area contributed by atoms with Crippen LogP contribution in [0.3, 0.4) is 0 Å². The van der Waals surface area contributed by atoms with Crippen molar-refractivity contribution in [3.05, 3.63) is 27.7 Å². The SMILES string of the molecule is Nn1c(SCc2ccc(C(=O)O)s2)nnc1C(F)(F)F. The van der Waals surface area contributed by atoms with Crippen molar-refractivity contribution in [2.75, 3.05) is 5.84 Å². The summed E-state index contributed by atoms with van der Waals surface area (Å²) in [6.45, 7) is 0. The summed E-state index contributed by atoms with van der Waals surface area (Å²) in [5, 5.41) is 15.0. The third-order valence-electron chi connectivity index (χ3n) is 2.13. The molecule has 6 nitrogen and oxygen atoms in total. The van der Waals surface area contributed by atoms with Crippen molar-refractivity contribution in [2.45, 2.75) is 17.1 Å². The van der Waals surface area contributed by atoms with Gasteiger partial charge >= 0.3 is 12.1 Å². The average molecular weight is 324 g/mol. The molecule has 0 saturated heterocycles. The molecule has 11 heteroatoms. The zero-order valence-electron chi connectivity index (χ0n) is 9.59. The highest BCUT2D eigenvalue weighted by Crippen LogP contribution is 2.30. The Morgan fingerprint density at radius 1 is 1.45 bits per heavy atom. The number of rotatable bonds is 4. The van der Waals surface area contributed by atoms with Crippen LogP contribution in [-0.4, -0.2) is 25.9 Å². The van der Waals surface area contributed by atoms with Crippen molar-refractivity contribution in [1.29, 1.82) is 0 Å². The quantitative estimate of drug-likeness (QED) is 0.660. The van der Waals surface area contributed by atoms with E-state index in [1.54, 1.807) is 6.07 Å². The van der Waals surface area contributed by atoms with E-state index in [-0.39, 0.29) is 15.8 Å². The Kier molecular flexibility index (Phi) is 3.90. The van der Waals surface area contributed by atoms with Crippen LogP contribution in [0.2, 0.25) is 0 Å². The second kappa shape index (κ2) is 5.32. The fraction of sp³-hybridized carbons (Fsp3) is 0.222. The summed E-state index contributed by atoms with van der Waals surface area (Å²) in [4.78, 5) is 11.5. The van der Waals surface area contributed by atoms with Crippen molar-refractivity contribution in [3.63, 3.8) is 0 Å². The molecule has 0 saturated carbocycles. The maximum absolute atomic E-state index is 12.4. The number of alkyl halides is 3. The highest BCUT2D eigenvalue weighted by atomic mass is 32.2. The van der Waals surface area contributed by atoms with Gasteiger partial charge in [0.25, 0.3) is 5.82 Å². The van der Waals surface area contributed by atoms with E-state index in [1.807, 2.05) is 0 Å². The van der Waals surface area contributed by atoms with E-state index in [9.17, 15) is 18.0 Å². The van der Waals surface area contributed by atoms with E-state index in [4.69, 9.17) is 10.9 Å². The summed E-state index contributed by atoms with van der Waals surface area (Å²) < 4.78 is 37.7. The standard InChI is InChI=1S/C9H7F3N4O2S2/c10-9(11,12)7-14-15-8(16(7)13)19-3-4-1-2-5(20-4)6(17)18/h1-2H,3,13H2,(H,17,18). The largest absolute Gasteiger partial charge is 0.477 e. The Hall–Kier alpha value is -1.75. The van der Waals surface area contributed by atoms with E-state index in [1.165, 1.54) is 6.07 Å². The lowest BCUT2D eigenvalue weighted by Crippen LogP contribution is -2.21. The fourth-order valence-electron chi connectivity index (χ4n) is 1.27.